The van der Waals surface area contributed by atoms with Gasteiger partial charge in [-0.2, -0.15) is 0 Å². The van der Waals surface area contributed by atoms with Gasteiger partial charge < -0.3 is 14.7 Å². The maximum Gasteiger partial charge on any atom is 0.328 e. The van der Waals surface area contributed by atoms with E-state index in [1.165, 1.54) is 18.4 Å². The zero-order valence-electron chi connectivity index (χ0n) is 13.7. The zero-order chi connectivity index (χ0) is 18.5. The monoisotopic (exact) mass is 357 g/mol. The molecule has 0 aliphatic carbocycles. The lowest BCUT2D eigenvalue weighted by Crippen LogP contribution is -2.41. The molecule has 2 aromatic heterocycles. The average Bonchev–Trinajstić information content (AvgIpc) is 3.13. The maximum absolute atomic E-state index is 12.9. The van der Waals surface area contributed by atoms with Crippen molar-refractivity contribution in [2.75, 3.05) is 6.54 Å². The van der Waals surface area contributed by atoms with Gasteiger partial charge in [0.1, 0.15) is 17.1 Å². The smallest absolute Gasteiger partial charge is 0.328 e. The van der Waals surface area contributed by atoms with Gasteiger partial charge in [-0.1, -0.05) is 12.1 Å². The van der Waals surface area contributed by atoms with Crippen molar-refractivity contribution in [2.45, 2.75) is 13.0 Å². The van der Waals surface area contributed by atoms with Crippen molar-refractivity contribution in [3.05, 3.63) is 92.4 Å². The number of rotatable bonds is 6. The Bertz CT molecular complexity index is 1000. The van der Waals surface area contributed by atoms with Crippen molar-refractivity contribution in [1.29, 1.82) is 0 Å². The van der Waals surface area contributed by atoms with Crippen LogP contribution in [0.5, 0.6) is 0 Å². The number of nitrogens with one attached hydrogen (secondary N) is 2. The lowest BCUT2D eigenvalue weighted by Gasteiger charge is -2.07. The van der Waals surface area contributed by atoms with Gasteiger partial charge in [-0.3, -0.25) is 14.2 Å². The SMILES string of the molecule is O=C(NCCc1ccc(F)cc1)c1c[nH]c(=O)n(Cc2ccco2)c1=O. The summed E-state index contributed by atoms with van der Waals surface area (Å²) in [6.07, 6.45) is 3.01. The van der Waals surface area contributed by atoms with Crippen LogP contribution in [0.1, 0.15) is 21.7 Å². The lowest BCUT2D eigenvalue weighted by atomic mass is 10.1. The number of carbonyl (C=O) groups is 1. The highest BCUT2D eigenvalue weighted by Crippen LogP contribution is 2.03. The summed E-state index contributed by atoms with van der Waals surface area (Å²) in [4.78, 5) is 38.9. The second-order valence-electron chi connectivity index (χ2n) is 5.61. The van der Waals surface area contributed by atoms with E-state index in [1.807, 2.05) is 0 Å². The van der Waals surface area contributed by atoms with Crippen LogP contribution in [0.4, 0.5) is 4.39 Å². The van der Waals surface area contributed by atoms with Crippen molar-refractivity contribution >= 4 is 5.91 Å². The van der Waals surface area contributed by atoms with E-state index in [2.05, 4.69) is 10.3 Å². The minimum absolute atomic E-state index is 0.0716. The fourth-order valence-corrected chi connectivity index (χ4v) is 2.44. The van der Waals surface area contributed by atoms with Crippen molar-refractivity contribution < 1.29 is 13.6 Å². The molecule has 0 bridgehead atoms. The van der Waals surface area contributed by atoms with Crippen LogP contribution in [-0.4, -0.2) is 22.0 Å². The fourth-order valence-electron chi connectivity index (χ4n) is 2.44. The molecule has 1 amide bonds. The Labute approximate surface area is 147 Å². The van der Waals surface area contributed by atoms with E-state index >= 15 is 0 Å². The number of hydrogen-bond acceptors (Lipinski definition) is 4. The largest absolute Gasteiger partial charge is 0.467 e. The quantitative estimate of drug-likeness (QED) is 0.695. The minimum atomic E-state index is -0.704. The molecule has 1 aromatic carbocycles. The molecule has 0 saturated heterocycles. The molecule has 2 N–H and O–H groups in total. The van der Waals surface area contributed by atoms with Gasteiger partial charge in [-0.05, 0) is 36.2 Å². The van der Waals surface area contributed by atoms with Gasteiger partial charge in [0.25, 0.3) is 11.5 Å². The number of carbonyl (C=O) groups excluding carboxylic acids is 1. The van der Waals surface area contributed by atoms with E-state index < -0.39 is 17.2 Å². The summed E-state index contributed by atoms with van der Waals surface area (Å²) in [7, 11) is 0. The molecule has 0 aliphatic rings. The van der Waals surface area contributed by atoms with E-state index in [9.17, 15) is 18.8 Å². The molecule has 26 heavy (non-hydrogen) atoms. The molecule has 0 spiro atoms. The molecule has 8 heteroatoms. The van der Waals surface area contributed by atoms with Crippen molar-refractivity contribution in [3.8, 4) is 0 Å². The molecule has 0 radical (unpaired) electrons. The maximum atomic E-state index is 12.9. The Kier molecular flexibility index (Phi) is 5.12. The minimum Gasteiger partial charge on any atom is -0.467 e. The van der Waals surface area contributed by atoms with Gasteiger partial charge in [-0.15, -0.1) is 0 Å². The highest BCUT2D eigenvalue weighted by molar-refractivity contribution is 5.93. The first-order valence-electron chi connectivity index (χ1n) is 7.92. The van der Waals surface area contributed by atoms with Gasteiger partial charge in [0.2, 0.25) is 0 Å². The molecule has 2 heterocycles. The second kappa shape index (κ2) is 7.64. The first-order valence-corrected chi connectivity index (χ1v) is 7.92. The molecule has 3 aromatic rings. The normalized spacial score (nSPS) is 10.7. The van der Waals surface area contributed by atoms with Crippen molar-refractivity contribution in [2.24, 2.45) is 0 Å². The molecule has 0 unspecified atom stereocenters. The summed E-state index contributed by atoms with van der Waals surface area (Å²) in [5.41, 5.74) is -0.655. The molecular weight excluding hydrogens is 341 g/mol. The van der Waals surface area contributed by atoms with Crippen molar-refractivity contribution in [3.63, 3.8) is 0 Å². The standard InChI is InChI=1S/C18H16FN3O4/c19-13-5-3-12(4-6-13)7-8-20-16(23)15-10-21-18(25)22(17(15)24)11-14-2-1-9-26-14/h1-6,9-10H,7-8,11H2,(H,20,23)(H,21,25). The summed E-state index contributed by atoms with van der Waals surface area (Å²) in [6, 6.07) is 9.19. The number of aromatic amines is 1. The van der Waals surface area contributed by atoms with Crippen LogP contribution in [0.2, 0.25) is 0 Å². The number of furan rings is 1. The summed E-state index contributed by atoms with van der Waals surface area (Å²) in [5.74, 6) is -0.504. The van der Waals surface area contributed by atoms with E-state index in [0.29, 0.717) is 12.2 Å². The number of H-pyrrole nitrogens is 1. The molecule has 7 nitrogen and oxygen atoms in total. The molecule has 0 saturated carbocycles. The van der Waals surface area contributed by atoms with Gasteiger partial charge in [-0.25, -0.2) is 9.18 Å². The molecule has 3 rings (SSSR count). The zero-order valence-corrected chi connectivity index (χ0v) is 13.7. The molecular formula is C18H16FN3O4. The summed E-state index contributed by atoms with van der Waals surface area (Å²) >= 11 is 0. The number of hydrogen-bond donors (Lipinski definition) is 2. The number of nitrogens with zero attached hydrogens (tertiary/aromatic N) is 1. The Morgan fingerprint density at radius 1 is 1.19 bits per heavy atom. The van der Waals surface area contributed by atoms with Crippen LogP contribution in [0.3, 0.4) is 0 Å². The average molecular weight is 357 g/mol. The molecule has 134 valence electrons. The van der Waals surface area contributed by atoms with Crippen LogP contribution in [0.15, 0.2) is 62.9 Å². The lowest BCUT2D eigenvalue weighted by molar-refractivity contribution is 0.0951. The highest BCUT2D eigenvalue weighted by atomic mass is 19.1. The third kappa shape index (κ3) is 3.97. The van der Waals surface area contributed by atoms with E-state index in [-0.39, 0.29) is 24.5 Å². The van der Waals surface area contributed by atoms with E-state index in [4.69, 9.17) is 4.42 Å². The summed E-state index contributed by atoms with van der Waals surface area (Å²) in [5, 5.41) is 2.62. The second-order valence-corrected chi connectivity index (χ2v) is 5.61. The fraction of sp³-hybridized carbons (Fsp3) is 0.167. The van der Waals surface area contributed by atoms with Crippen LogP contribution < -0.4 is 16.6 Å². The Balaban J connectivity index is 1.70. The van der Waals surface area contributed by atoms with Crippen LogP contribution in [-0.2, 0) is 13.0 Å². The van der Waals surface area contributed by atoms with E-state index in [0.717, 1.165) is 16.3 Å². The van der Waals surface area contributed by atoms with Gasteiger partial charge in [0, 0.05) is 12.7 Å². The first kappa shape index (κ1) is 17.4. The predicted octanol–water partition coefficient (Wildman–Crippen LogP) is 1.29. The molecule has 0 atom stereocenters. The van der Waals surface area contributed by atoms with Crippen molar-refractivity contribution in [1.82, 2.24) is 14.9 Å². The van der Waals surface area contributed by atoms with Crippen LogP contribution in [0.25, 0.3) is 0 Å². The van der Waals surface area contributed by atoms with Gasteiger partial charge in [0.05, 0.1) is 12.8 Å². The third-order valence-electron chi connectivity index (χ3n) is 3.81. The number of halogens is 1. The summed E-state index contributed by atoms with van der Waals surface area (Å²) in [6.45, 7) is 0.194. The van der Waals surface area contributed by atoms with Crippen LogP contribution >= 0.6 is 0 Å². The third-order valence-corrected chi connectivity index (χ3v) is 3.81. The van der Waals surface area contributed by atoms with Gasteiger partial charge in [0.15, 0.2) is 0 Å². The van der Waals surface area contributed by atoms with Crippen LogP contribution in [0, 0.1) is 5.82 Å². The van der Waals surface area contributed by atoms with Gasteiger partial charge >= 0.3 is 5.69 Å². The highest BCUT2D eigenvalue weighted by Gasteiger charge is 2.15. The number of benzene rings is 1. The molecule has 0 fully saturated rings. The summed E-state index contributed by atoms with van der Waals surface area (Å²) < 4.78 is 18.9. The Morgan fingerprint density at radius 3 is 2.65 bits per heavy atom. The number of amides is 1. The number of aromatic nitrogens is 2. The first-order chi connectivity index (χ1) is 12.5. The Hall–Kier alpha value is -3.42. The topological polar surface area (TPSA) is 97.1 Å². The molecule has 0 aliphatic heterocycles. The predicted molar refractivity (Wildman–Crippen MR) is 91.6 cm³/mol. The van der Waals surface area contributed by atoms with E-state index in [1.54, 1.807) is 24.3 Å². The Morgan fingerprint density at radius 2 is 1.96 bits per heavy atom.